The molecule has 24 heavy (non-hydrogen) atoms. The summed E-state index contributed by atoms with van der Waals surface area (Å²) < 4.78 is 39.8. The Hall–Kier alpha value is -2.63. The first kappa shape index (κ1) is 17.7. The minimum absolute atomic E-state index is 0.0423. The van der Waals surface area contributed by atoms with Crippen molar-refractivity contribution in [3.05, 3.63) is 29.6 Å². The number of pyridine rings is 1. The highest BCUT2D eigenvalue weighted by atomic mass is 19.4. The van der Waals surface area contributed by atoms with Gasteiger partial charge in [-0.3, -0.25) is 9.59 Å². The predicted molar refractivity (Wildman–Crippen MR) is 76.7 cm³/mol. The Morgan fingerprint density at radius 3 is 2.71 bits per heavy atom. The Morgan fingerprint density at radius 2 is 2.12 bits per heavy atom. The van der Waals surface area contributed by atoms with E-state index in [4.69, 9.17) is 5.26 Å². The number of rotatable bonds is 2. The van der Waals surface area contributed by atoms with E-state index in [1.807, 2.05) is 0 Å². The number of nitrogens with zero attached hydrogens (tertiary/aromatic N) is 3. The molecule has 6 nitrogen and oxygen atoms in total. The maximum Gasteiger partial charge on any atom is 0.408 e. The lowest BCUT2D eigenvalue weighted by Crippen LogP contribution is -2.58. The van der Waals surface area contributed by atoms with Crippen LogP contribution >= 0.6 is 0 Å². The number of hydrogen-bond donors (Lipinski definition) is 1. The molecule has 9 heteroatoms. The van der Waals surface area contributed by atoms with Crippen molar-refractivity contribution < 1.29 is 22.8 Å². The Balaban J connectivity index is 2.30. The number of halogens is 3. The lowest BCUT2D eigenvalue weighted by atomic mass is 9.96. The van der Waals surface area contributed by atoms with Crippen molar-refractivity contribution in [3.63, 3.8) is 0 Å². The van der Waals surface area contributed by atoms with E-state index in [2.05, 4.69) is 10.3 Å². The zero-order chi connectivity index (χ0) is 17.9. The van der Waals surface area contributed by atoms with E-state index in [1.165, 1.54) is 19.2 Å². The molecule has 0 radical (unpaired) electrons. The lowest BCUT2D eigenvalue weighted by molar-refractivity contribution is -0.184. The zero-order valence-corrected chi connectivity index (χ0v) is 12.8. The van der Waals surface area contributed by atoms with Crippen LogP contribution in [0, 0.1) is 11.3 Å². The molecule has 1 N–H and O–H groups in total. The smallest absolute Gasteiger partial charge is 0.352 e. The van der Waals surface area contributed by atoms with Crippen molar-refractivity contribution >= 4 is 11.8 Å². The summed E-state index contributed by atoms with van der Waals surface area (Å²) in [4.78, 5) is 28.1. The summed E-state index contributed by atoms with van der Waals surface area (Å²) in [6.45, 7) is 1.02. The van der Waals surface area contributed by atoms with Crippen molar-refractivity contribution in [2.75, 3.05) is 6.54 Å². The van der Waals surface area contributed by atoms with E-state index in [9.17, 15) is 22.8 Å². The van der Waals surface area contributed by atoms with E-state index in [0.717, 1.165) is 6.07 Å². The van der Waals surface area contributed by atoms with Gasteiger partial charge in [0, 0.05) is 31.3 Å². The highest BCUT2D eigenvalue weighted by Gasteiger charge is 2.48. The summed E-state index contributed by atoms with van der Waals surface area (Å²) >= 11 is 0. The first-order valence-electron chi connectivity index (χ1n) is 7.23. The second kappa shape index (κ2) is 6.86. The second-order valence-corrected chi connectivity index (χ2v) is 5.53. The normalized spacial score (nSPS) is 21.0. The summed E-state index contributed by atoms with van der Waals surface area (Å²) in [7, 11) is 0. The number of likely N-dealkylation sites (tertiary alicyclic amines) is 1. The Morgan fingerprint density at radius 1 is 1.42 bits per heavy atom. The lowest BCUT2D eigenvalue weighted by Gasteiger charge is -2.40. The van der Waals surface area contributed by atoms with Crippen molar-refractivity contribution in [2.45, 2.75) is 38.0 Å². The van der Waals surface area contributed by atoms with E-state index >= 15 is 0 Å². The van der Waals surface area contributed by atoms with Crippen LogP contribution < -0.4 is 5.32 Å². The van der Waals surface area contributed by atoms with Crippen molar-refractivity contribution in [1.82, 2.24) is 15.2 Å². The number of nitriles is 1. The molecule has 2 atom stereocenters. The van der Waals surface area contributed by atoms with Gasteiger partial charge in [0.2, 0.25) is 5.91 Å². The Labute approximate surface area is 136 Å². The quantitative estimate of drug-likeness (QED) is 0.886. The second-order valence-electron chi connectivity index (χ2n) is 5.53. The van der Waals surface area contributed by atoms with Crippen LogP contribution in [-0.2, 0) is 4.79 Å². The van der Waals surface area contributed by atoms with Gasteiger partial charge >= 0.3 is 6.18 Å². The molecule has 1 aromatic heterocycles. The van der Waals surface area contributed by atoms with E-state index < -0.39 is 24.2 Å². The molecule has 2 amide bonds. The number of alkyl halides is 3. The minimum atomic E-state index is -4.57. The summed E-state index contributed by atoms with van der Waals surface area (Å²) in [5.74, 6) is -1.21. The van der Waals surface area contributed by atoms with Gasteiger partial charge in [0.1, 0.15) is 17.8 Å². The molecule has 2 heterocycles. The van der Waals surface area contributed by atoms with Gasteiger partial charge in [0.05, 0.1) is 0 Å². The molecule has 2 unspecified atom stereocenters. The summed E-state index contributed by atoms with van der Waals surface area (Å²) in [5.41, 5.74) is -0.0981. The molecule has 0 bridgehead atoms. The highest BCUT2D eigenvalue weighted by molar-refractivity contribution is 5.94. The third-order valence-electron chi connectivity index (χ3n) is 3.75. The fourth-order valence-corrected chi connectivity index (χ4v) is 2.73. The van der Waals surface area contributed by atoms with Crippen LogP contribution in [0.25, 0.3) is 0 Å². The molecule has 1 saturated heterocycles. The average molecular weight is 340 g/mol. The van der Waals surface area contributed by atoms with E-state index in [-0.39, 0.29) is 36.6 Å². The maximum atomic E-state index is 13.3. The van der Waals surface area contributed by atoms with Gasteiger partial charge in [-0.25, -0.2) is 4.98 Å². The largest absolute Gasteiger partial charge is 0.408 e. The topological polar surface area (TPSA) is 86.1 Å². The molecular formula is C15H15F3N4O2. The van der Waals surface area contributed by atoms with Crippen LogP contribution in [0.15, 0.2) is 18.3 Å². The fourth-order valence-electron chi connectivity index (χ4n) is 2.73. The molecule has 1 fully saturated rings. The molecule has 0 spiro atoms. The number of amides is 2. The summed E-state index contributed by atoms with van der Waals surface area (Å²) in [5, 5.41) is 11.4. The van der Waals surface area contributed by atoms with E-state index in [1.54, 1.807) is 6.07 Å². The SMILES string of the molecule is CC(=O)NC1CCC(C(F)(F)F)N(C(=O)c2ccnc(C#N)c2)C1. The highest BCUT2D eigenvalue weighted by Crippen LogP contribution is 2.33. The molecule has 0 aliphatic carbocycles. The average Bonchev–Trinajstić information content (AvgIpc) is 2.52. The molecular weight excluding hydrogens is 325 g/mol. The number of piperidine rings is 1. The Bertz CT molecular complexity index is 684. The monoisotopic (exact) mass is 340 g/mol. The molecule has 1 aromatic rings. The Kier molecular flexibility index (Phi) is 5.07. The van der Waals surface area contributed by atoms with Gasteiger partial charge in [-0.15, -0.1) is 0 Å². The van der Waals surface area contributed by atoms with Gasteiger partial charge in [-0.2, -0.15) is 18.4 Å². The van der Waals surface area contributed by atoms with Gasteiger partial charge in [-0.1, -0.05) is 0 Å². The van der Waals surface area contributed by atoms with Crippen LogP contribution in [0.3, 0.4) is 0 Å². The first-order chi connectivity index (χ1) is 11.2. The molecule has 1 aliphatic rings. The molecule has 128 valence electrons. The number of aromatic nitrogens is 1. The standard InChI is InChI=1S/C15H15F3N4O2/c1-9(23)21-11-2-3-13(15(16,17)18)22(8-11)14(24)10-4-5-20-12(6-10)7-19/h4-6,11,13H,2-3,8H2,1H3,(H,21,23). The first-order valence-corrected chi connectivity index (χ1v) is 7.23. The molecule has 0 saturated carbocycles. The molecule has 2 rings (SSSR count). The van der Waals surface area contributed by atoms with Crippen LogP contribution in [0.4, 0.5) is 13.2 Å². The number of nitrogens with one attached hydrogen (secondary N) is 1. The number of carbonyl (C=O) groups is 2. The number of carbonyl (C=O) groups excluding carboxylic acids is 2. The predicted octanol–water partition coefficient (Wildman–Crippen LogP) is 1.62. The van der Waals surface area contributed by atoms with Crippen LogP contribution in [0.2, 0.25) is 0 Å². The van der Waals surface area contributed by atoms with Gasteiger partial charge in [-0.05, 0) is 25.0 Å². The zero-order valence-electron chi connectivity index (χ0n) is 12.8. The molecule has 1 aliphatic heterocycles. The maximum absolute atomic E-state index is 13.3. The molecule has 0 aromatic carbocycles. The number of hydrogen-bond acceptors (Lipinski definition) is 4. The van der Waals surface area contributed by atoms with Crippen LogP contribution in [0.1, 0.15) is 35.8 Å². The van der Waals surface area contributed by atoms with Crippen LogP contribution in [-0.4, -0.2) is 46.5 Å². The summed E-state index contributed by atoms with van der Waals surface area (Å²) in [6.07, 6.45) is -3.53. The minimum Gasteiger partial charge on any atom is -0.352 e. The van der Waals surface area contributed by atoms with Crippen molar-refractivity contribution in [1.29, 1.82) is 5.26 Å². The van der Waals surface area contributed by atoms with Gasteiger partial charge < -0.3 is 10.2 Å². The van der Waals surface area contributed by atoms with Gasteiger partial charge in [0.25, 0.3) is 5.91 Å². The van der Waals surface area contributed by atoms with Crippen molar-refractivity contribution in [3.8, 4) is 6.07 Å². The fraction of sp³-hybridized carbons (Fsp3) is 0.467. The third-order valence-corrected chi connectivity index (χ3v) is 3.75. The van der Waals surface area contributed by atoms with Crippen molar-refractivity contribution in [2.24, 2.45) is 0 Å². The van der Waals surface area contributed by atoms with Crippen LogP contribution in [0.5, 0.6) is 0 Å². The van der Waals surface area contributed by atoms with Gasteiger partial charge in [0.15, 0.2) is 0 Å². The van der Waals surface area contributed by atoms with E-state index in [0.29, 0.717) is 4.90 Å². The third kappa shape index (κ3) is 4.01. The summed E-state index contributed by atoms with van der Waals surface area (Å²) in [6, 6.07) is 1.69.